The summed E-state index contributed by atoms with van der Waals surface area (Å²) in [4.78, 5) is 7.18. The van der Waals surface area contributed by atoms with Gasteiger partial charge in [-0.3, -0.25) is 0 Å². The Morgan fingerprint density at radius 1 is 1.22 bits per heavy atom. The molecule has 5 rings (SSSR count). The second kappa shape index (κ2) is 7.90. The SMILES string of the molecule is Cc1nc(N2CCC3(CC2)Oc2ccccc2[C@H]3N[S@+]([O-])C(C)(C)C)c2ccnn2c1Br. The first-order valence-electron chi connectivity index (χ1n) is 10.9. The number of rotatable bonds is 3. The van der Waals surface area contributed by atoms with Crippen LogP contribution in [0, 0.1) is 6.92 Å². The number of piperidine rings is 1. The fraction of sp³-hybridized carbons (Fsp3) is 0.478. The summed E-state index contributed by atoms with van der Waals surface area (Å²) in [5.74, 6) is 1.83. The summed E-state index contributed by atoms with van der Waals surface area (Å²) in [5, 5.41) is 4.43. The molecule has 4 heterocycles. The minimum Gasteiger partial charge on any atom is -0.598 e. The van der Waals surface area contributed by atoms with E-state index >= 15 is 0 Å². The number of aromatic nitrogens is 3. The number of nitrogens with zero attached hydrogens (tertiary/aromatic N) is 4. The minimum absolute atomic E-state index is 0.115. The van der Waals surface area contributed by atoms with Gasteiger partial charge in [0.25, 0.3) is 0 Å². The van der Waals surface area contributed by atoms with Crippen LogP contribution in [0.2, 0.25) is 0 Å². The minimum atomic E-state index is -1.20. The normalized spacial score (nSPS) is 21.1. The molecule has 0 radical (unpaired) electrons. The van der Waals surface area contributed by atoms with Crippen LogP contribution in [-0.2, 0) is 11.4 Å². The van der Waals surface area contributed by atoms with Crippen LogP contribution in [0.1, 0.15) is 50.9 Å². The number of benzene rings is 1. The Balaban J connectivity index is 1.44. The highest BCUT2D eigenvalue weighted by atomic mass is 79.9. The Bertz CT molecular complexity index is 1150. The van der Waals surface area contributed by atoms with Gasteiger partial charge in [-0.15, -0.1) is 4.72 Å². The molecule has 3 aromatic rings. The number of ether oxygens (including phenoxy) is 1. The van der Waals surface area contributed by atoms with E-state index in [9.17, 15) is 4.55 Å². The molecule has 1 spiro atoms. The van der Waals surface area contributed by atoms with Gasteiger partial charge < -0.3 is 14.2 Å². The van der Waals surface area contributed by atoms with Gasteiger partial charge in [0.15, 0.2) is 5.82 Å². The van der Waals surface area contributed by atoms with Crippen molar-refractivity contribution in [3.8, 4) is 5.75 Å². The molecule has 32 heavy (non-hydrogen) atoms. The summed E-state index contributed by atoms with van der Waals surface area (Å²) >= 11 is 2.39. The topological polar surface area (TPSA) is 77.8 Å². The average molecular weight is 518 g/mol. The van der Waals surface area contributed by atoms with Crippen molar-refractivity contribution in [3.63, 3.8) is 0 Å². The zero-order valence-electron chi connectivity index (χ0n) is 18.8. The zero-order valence-corrected chi connectivity index (χ0v) is 21.2. The average Bonchev–Trinajstić information content (AvgIpc) is 3.35. The highest BCUT2D eigenvalue weighted by Crippen LogP contribution is 2.49. The lowest BCUT2D eigenvalue weighted by Crippen LogP contribution is -2.55. The first-order chi connectivity index (χ1) is 15.2. The van der Waals surface area contributed by atoms with E-state index in [0.29, 0.717) is 0 Å². The summed E-state index contributed by atoms with van der Waals surface area (Å²) in [6.07, 6.45) is 3.41. The van der Waals surface area contributed by atoms with Gasteiger partial charge in [0, 0.05) is 42.9 Å². The van der Waals surface area contributed by atoms with E-state index in [4.69, 9.17) is 9.72 Å². The predicted octanol–water partition coefficient (Wildman–Crippen LogP) is 4.32. The first kappa shape index (κ1) is 22.0. The van der Waals surface area contributed by atoms with Crippen LogP contribution >= 0.6 is 15.9 Å². The Hall–Kier alpha value is -1.81. The lowest BCUT2D eigenvalue weighted by atomic mass is 9.83. The predicted molar refractivity (Wildman–Crippen MR) is 130 cm³/mol. The van der Waals surface area contributed by atoms with Gasteiger partial charge in [0.05, 0.1) is 11.9 Å². The van der Waals surface area contributed by atoms with E-state index in [1.165, 1.54) is 0 Å². The molecule has 0 amide bonds. The van der Waals surface area contributed by atoms with Gasteiger partial charge in [-0.05, 0) is 55.8 Å². The molecule has 7 nitrogen and oxygen atoms in total. The third kappa shape index (κ3) is 3.59. The van der Waals surface area contributed by atoms with Crippen molar-refractivity contribution >= 4 is 38.6 Å². The van der Waals surface area contributed by atoms with Gasteiger partial charge >= 0.3 is 0 Å². The van der Waals surface area contributed by atoms with Crippen LogP contribution in [-0.4, -0.2) is 42.6 Å². The number of hydrogen-bond donors (Lipinski definition) is 1. The Morgan fingerprint density at radius 2 is 1.94 bits per heavy atom. The van der Waals surface area contributed by atoms with Crippen molar-refractivity contribution in [2.24, 2.45) is 0 Å². The largest absolute Gasteiger partial charge is 0.598 e. The van der Waals surface area contributed by atoms with Gasteiger partial charge in [-0.2, -0.15) is 5.10 Å². The molecule has 170 valence electrons. The Morgan fingerprint density at radius 3 is 2.66 bits per heavy atom. The lowest BCUT2D eigenvalue weighted by Gasteiger charge is -2.43. The number of anilines is 1. The number of halogens is 1. The van der Waals surface area contributed by atoms with Crippen LogP contribution in [0.15, 0.2) is 41.1 Å². The standard InChI is InChI=1S/C23H28BrN5O2S/c1-15-20(24)29-17(9-12-25-29)21(26-15)28-13-10-23(11-14-28)19(27-32(30)22(2,3)4)16-7-5-6-8-18(16)31-23/h5-9,12,19,27H,10-11,13-14H2,1-4H3/t19-,32-/m1/s1. The summed E-state index contributed by atoms with van der Waals surface area (Å²) < 4.78 is 25.5. The molecule has 2 aliphatic rings. The van der Waals surface area contributed by atoms with Crippen molar-refractivity contribution in [1.29, 1.82) is 0 Å². The molecule has 0 saturated carbocycles. The summed E-state index contributed by atoms with van der Waals surface area (Å²) in [7, 11) is 0. The van der Waals surface area contributed by atoms with E-state index in [0.717, 1.165) is 58.9 Å². The van der Waals surface area contributed by atoms with Crippen LogP contribution in [0.4, 0.5) is 5.82 Å². The molecular formula is C23H28BrN5O2S. The molecule has 9 heteroatoms. The summed E-state index contributed by atoms with van der Waals surface area (Å²) in [6, 6.07) is 10.0. The third-order valence-electron chi connectivity index (χ3n) is 6.39. The molecular weight excluding hydrogens is 490 g/mol. The molecule has 0 bridgehead atoms. The molecule has 1 saturated heterocycles. The molecule has 2 aromatic heterocycles. The number of aryl methyl sites for hydroxylation is 1. The summed E-state index contributed by atoms with van der Waals surface area (Å²) in [6.45, 7) is 9.55. The van der Waals surface area contributed by atoms with Crippen molar-refractivity contribution in [1.82, 2.24) is 19.3 Å². The van der Waals surface area contributed by atoms with E-state index in [2.05, 4.69) is 36.7 Å². The van der Waals surface area contributed by atoms with E-state index in [-0.39, 0.29) is 10.8 Å². The van der Waals surface area contributed by atoms with Crippen molar-refractivity contribution < 1.29 is 9.29 Å². The molecule has 1 N–H and O–H groups in total. The van der Waals surface area contributed by atoms with Gasteiger partial charge in [-0.25, -0.2) is 9.50 Å². The van der Waals surface area contributed by atoms with Crippen molar-refractivity contribution in [2.75, 3.05) is 18.0 Å². The quantitative estimate of drug-likeness (QED) is 0.521. The zero-order chi connectivity index (χ0) is 22.7. The Kier molecular flexibility index (Phi) is 5.43. The van der Waals surface area contributed by atoms with Gasteiger partial charge in [0.1, 0.15) is 32.3 Å². The van der Waals surface area contributed by atoms with Gasteiger partial charge in [-0.1, -0.05) is 18.2 Å². The third-order valence-corrected chi connectivity index (χ3v) is 8.86. The van der Waals surface area contributed by atoms with Crippen LogP contribution in [0.3, 0.4) is 0 Å². The molecule has 2 aliphatic heterocycles. The molecule has 0 unspecified atom stereocenters. The maximum Gasteiger partial charge on any atom is 0.155 e. The summed E-state index contributed by atoms with van der Waals surface area (Å²) in [5.41, 5.74) is 2.55. The highest BCUT2D eigenvalue weighted by Gasteiger charge is 2.53. The van der Waals surface area contributed by atoms with Crippen LogP contribution < -0.4 is 14.4 Å². The van der Waals surface area contributed by atoms with E-state index in [1.54, 1.807) is 6.20 Å². The first-order valence-corrected chi connectivity index (χ1v) is 12.8. The van der Waals surface area contributed by atoms with E-state index < -0.39 is 17.0 Å². The number of hydrogen-bond acceptors (Lipinski definition) is 6. The molecule has 1 fully saturated rings. The lowest BCUT2D eigenvalue weighted by molar-refractivity contribution is 0.0379. The maximum absolute atomic E-state index is 13.0. The van der Waals surface area contributed by atoms with Crippen molar-refractivity contribution in [3.05, 3.63) is 52.4 Å². The van der Waals surface area contributed by atoms with Gasteiger partial charge in [0.2, 0.25) is 0 Å². The molecule has 0 aliphatic carbocycles. The van der Waals surface area contributed by atoms with E-state index in [1.807, 2.05) is 56.5 Å². The molecule has 1 aromatic carbocycles. The smallest absolute Gasteiger partial charge is 0.155 e. The second-order valence-electron chi connectivity index (χ2n) is 9.56. The second-order valence-corrected chi connectivity index (χ2v) is 12.3. The van der Waals surface area contributed by atoms with Crippen LogP contribution in [0.25, 0.3) is 5.52 Å². The fourth-order valence-electron chi connectivity index (χ4n) is 4.59. The fourth-order valence-corrected chi connectivity index (χ4v) is 5.87. The Labute approximate surface area is 200 Å². The maximum atomic E-state index is 13.0. The number of nitrogens with one attached hydrogen (secondary N) is 1. The monoisotopic (exact) mass is 517 g/mol. The highest BCUT2D eigenvalue weighted by molar-refractivity contribution is 9.10. The van der Waals surface area contributed by atoms with Crippen molar-refractivity contribution in [2.45, 2.75) is 56.9 Å². The van der Waals surface area contributed by atoms with Crippen LogP contribution in [0.5, 0.6) is 5.75 Å². The number of fused-ring (bicyclic) bond motifs is 2. The number of para-hydroxylation sites is 1. The molecule has 2 atom stereocenters.